The largest absolute Gasteiger partial charge is 0.315 e. The van der Waals surface area contributed by atoms with Gasteiger partial charge < -0.3 is 5.32 Å². The highest BCUT2D eigenvalue weighted by atomic mass is 32.2. The van der Waals surface area contributed by atoms with E-state index in [1.54, 1.807) is 0 Å². The Kier molecular flexibility index (Phi) is 4.93. The third-order valence-corrected chi connectivity index (χ3v) is 4.25. The summed E-state index contributed by atoms with van der Waals surface area (Å²) < 4.78 is 22.1. The molecule has 2 unspecified atom stereocenters. The van der Waals surface area contributed by atoms with Crippen molar-refractivity contribution in [3.05, 3.63) is 35.9 Å². The molecule has 3 N–H and O–H groups in total. The zero-order chi connectivity index (χ0) is 13.7. The minimum absolute atomic E-state index is 0.191. The molecule has 2 atom stereocenters. The van der Waals surface area contributed by atoms with Crippen LogP contribution >= 0.6 is 0 Å². The van der Waals surface area contributed by atoms with Crippen molar-refractivity contribution in [3.63, 3.8) is 0 Å². The van der Waals surface area contributed by atoms with Crippen molar-refractivity contribution in [2.75, 3.05) is 31.6 Å². The topological polar surface area (TPSA) is 70.2 Å². The van der Waals surface area contributed by atoms with E-state index in [-0.39, 0.29) is 11.8 Å². The fraction of sp³-hybridized carbons (Fsp3) is 0.538. The van der Waals surface area contributed by atoms with E-state index in [4.69, 9.17) is 0 Å². The van der Waals surface area contributed by atoms with E-state index in [1.807, 2.05) is 18.2 Å². The van der Waals surface area contributed by atoms with Crippen molar-refractivity contribution < 1.29 is 8.42 Å². The minimum atomic E-state index is -2.88. The van der Waals surface area contributed by atoms with E-state index in [1.165, 1.54) is 11.8 Å². The second-order valence-electron chi connectivity index (χ2n) is 5.01. The summed E-state index contributed by atoms with van der Waals surface area (Å²) in [6.45, 7) is 2.19. The third-order valence-electron chi connectivity index (χ3n) is 3.31. The molecule has 0 aliphatic carbocycles. The van der Waals surface area contributed by atoms with E-state index in [2.05, 4.69) is 28.3 Å². The molecule has 1 heterocycles. The fourth-order valence-corrected chi connectivity index (χ4v) is 2.80. The highest BCUT2D eigenvalue weighted by Crippen LogP contribution is 2.23. The number of rotatable bonds is 6. The molecule has 1 saturated heterocycles. The molecule has 106 valence electrons. The molecule has 1 aliphatic heterocycles. The molecule has 0 spiro atoms. The van der Waals surface area contributed by atoms with Gasteiger partial charge in [-0.05, 0) is 5.56 Å². The quantitative estimate of drug-likeness (QED) is 0.645. The molecule has 19 heavy (non-hydrogen) atoms. The van der Waals surface area contributed by atoms with Gasteiger partial charge in [-0.1, -0.05) is 30.3 Å². The molecule has 0 radical (unpaired) electrons. The van der Waals surface area contributed by atoms with Crippen LogP contribution in [0.3, 0.4) is 0 Å². The third kappa shape index (κ3) is 4.58. The molecule has 1 aromatic carbocycles. The molecule has 1 aliphatic rings. The zero-order valence-corrected chi connectivity index (χ0v) is 11.9. The number of hydrogen-bond donors (Lipinski definition) is 3. The number of benzene rings is 1. The second-order valence-corrected chi connectivity index (χ2v) is 7.27. The molecule has 0 saturated carbocycles. The first kappa shape index (κ1) is 14.5. The molecular weight excluding hydrogens is 262 g/mol. The first-order valence-corrected chi connectivity index (χ1v) is 8.54. The van der Waals surface area contributed by atoms with Crippen LogP contribution in [0.2, 0.25) is 0 Å². The molecule has 6 heteroatoms. The molecule has 1 fully saturated rings. The maximum atomic E-state index is 11.0. The van der Waals surface area contributed by atoms with Gasteiger partial charge in [-0.3, -0.25) is 5.43 Å². The first-order valence-electron chi connectivity index (χ1n) is 6.48. The van der Waals surface area contributed by atoms with Gasteiger partial charge in [0.05, 0.1) is 11.8 Å². The summed E-state index contributed by atoms with van der Waals surface area (Å²) in [7, 11) is -2.88. The molecule has 2 rings (SSSR count). The fourth-order valence-electron chi connectivity index (χ4n) is 2.29. The van der Waals surface area contributed by atoms with E-state index >= 15 is 0 Å². The number of hydrogen-bond acceptors (Lipinski definition) is 5. The highest BCUT2D eigenvalue weighted by molar-refractivity contribution is 7.90. The van der Waals surface area contributed by atoms with Gasteiger partial charge >= 0.3 is 0 Å². The standard InChI is InChI=1S/C13H21N3O2S/c1-19(17,18)8-7-14-9-12-10-15-16-13(12)11-5-3-2-4-6-11/h2-6,12-16H,7-10H2,1H3. The summed E-state index contributed by atoms with van der Waals surface area (Å²) in [5.41, 5.74) is 7.69. The number of nitrogens with one attached hydrogen (secondary N) is 3. The minimum Gasteiger partial charge on any atom is -0.315 e. The van der Waals surface area contributed by atoms with Gasteiger partial charge in [-0.25, -0.2) is 13.8 Å². The Morgan fingerprint density at radius 3 is 2.74 bits per heavy atom. The van der Waals surface area contributed by atoms with Crippen molar-refractivity contribution in [1.82, 2.24) is 16.2 Å². The maximum Gasteiger partial charge on any atom is 0.148 e. The van der Waals surface area contributed by atoms with Gasteiger partial charge in [-0.2, -0.15) is 0 Å². The van der Waals surface area contributed by atoms with Crippen LogP contribution in [0, 0.1) is 5.92 Å². The van der Waals surface area contributed by atoms with Crippen LogP contribution in [0.1, 0.15) is 11.6 Å². The van der Waals surface area contributed by atoms with Crippen molar-refractivity contribution in [3.8, 4) is 0 Å². The summed E-state index contributed by atoms with van der Waals surface area (Å²) in [5, 5.41) is 3.22. The predicted molar refractivity (Wildman–Crippen MR) is 76.4 cm³/mol. The molecule has 0 amide bonds. The van der Waals surface area contributed by atoms with Gasteiger partial charge in [0.25, 0.3) is 0 Å². The van der Waals surface area contributed by atoms with Crippen molar-refractivity contribution >= 4 is 9.84 Å². The van der Waals surface area contributed by atoms with Crippen LogP contribution in [-0.4, -0.2) is 40.1 Å². The maximum absolute atomic E-state index is 11.0. The summed E-state index contributed by atoms with van der Waals surface area (Å²) in [4.78, 5) is 0. The van der Waals surface area contributed by atoms with Gasteiger partial charge in [-0.15, -0.1) is 0 Å². The Morgan fingerprint density at radius 1 is 1.32 bits per heavy atom. The highest BCUT2D eigenvalue weighted by Gasteiger charge is 2.27. The van der Waals surface area contributed by atoms with Crippen molar-refractivity contribution in [2.24, 2.45) is 5.92 Å². The average Bonchev–Trinajstić information content (AvgIpc) is 2.83. The summed E-state index contributed by atoms with van der Waals surface area (Å²) in [6, 6.07) is 10.5. The molecule has 0 bridgehead atoms. The molecule has 5 nitrogen and oxygen atoms in total. The van der Waals surface area contributed by atoms with E-state index in [0.29, 0.717) is 12.5 Å². The Hall–Kier alpha value is -0.950. The molecule has 1 aromatic rings. The van der Waals surface area contributed by atoms with Crippen LogP contribution in [0.25, 0.3) is 0 Å². The van der Waals surface area contributed by atoms with Gasteiger partial charge in [0.15, 0.2) is 0 Å². The predicted octanol–water partition coefficient (Wildman–Crippen LogP) is 0.0859. The first-order chi connectivity index (χ1) is 9.06. The Bertz CT molecular complexity index is 490. The SMILES string of the molecule is CS(=O)(=O)CCNCC1CNNC1c1ccccc1. The second kappa shape index (κ2) is 6.47. The number of sulfone groups is 1. The van der Waals surface area contributed by atoms with Crippen molar-refractivity contribution in [1.29, 1.82) is 0 Å². The number of hydrazine groups is 1. The van der Waals surface area contributed by atoms with E-state index in [9.17, 15) is 8.42 Å². The van der Waals surface area contributed by atoms with Crippen LogP contribution < -0.4 is 16.2 Å². The van der Waals surface area contributed by atoms with Crippen LogP contribution in [0.15, 0.2) is 30.3 Å². The monoisotopic (exact) mass is 283 g/mol. The zero-order valence-electron chi connectivity index (χ0n) is 11.1. The Labute approximate surface area is 114 Å². The van der Waals surface area contributed by atoms with Gasteiger partial charge in [0, 0.05) is 31.8 Å². The van der Waals surface area contributed by atoms with E-state index < -0.39 is 9.84 Å². The lowest BCUT2D eigenvalue weighted by atomic mass is 9.95. The van der Waals surface area contributed by atoms with E-state index in [0.717, 1.165) is 13.1 Å². The lowest BCUT2D eigenvalue weighted by Crippen LogP contribution is -2.31. The Balaban J connectivity index is 1.83. The Morgan fingerprint density at radius 2 is 2.05 bits per heavy atom. The van der Waals surface area contributed by atoms with Crippen LogP contribution in [0.5, 0.6) is 0 Å². The van der Waals surface area contributed by atoms with Gasteiger partial charge in [0.2, 0.25) is 0 Å². The van der Waals surface area contributed by atoms with Crippen molar-refractivity contribution in [2.45, 2.75) is 6.04 Å². The average molecular weight is 283 g/mol. The summed E-state index contributed by atoms with van der Waals surface area (Å²) in [6.07, 6.45) is 1.26. The normalized spacial score (nSPS) is 23.6. The van der Waals surface area contributed by atoms with Crippen LogP contribution in [0.4, 0.5) is 0 Å². The smallest absolute Gasteiger partial charge is 0.148 e. The summed E-state index contributed by atoms with van der Waals surface area (Å²) in [5.74, 6) is 0.610. The summed E-state index contributed by atoms with van der Waals surface area (Å²) >= 11 is 0. The molecule has 0 aromatic heterocycles. The van der Waals surface area contributed by atoms with Crippen LogP contribution in [-0.2, 0) is 9.84 Å². The lowest BCUT2D eigenvalue weighted by Gasteiger charge is -2.19. The lowest BCUT2D eigenvalue weighted by molar-refractivity contribution is 0.447. The van der Waals surface area contributed by atoms with Gasteiger partial charge in [0.1, 0.15) is 9.84 Å². The molecular formula is C13H21N3O2S.